The molecule has 5 aromatic rings. The molecule has 4 heterocycles. The Morgan fingerprint density at radius 3 is 2.68 bits per heavy atom. The molecule has 2 N–H and O–H groups in total. The monoisotopic (exact) mass is 543 g/mol. The van der Waals surface area contributed by atoms with Crippen LogP contribution in [-0.4, -0.2) is 24.9 Å². The molecule has 156 valence electrons. The Kier molecular flexibility index (Phi) is 4.97. The Morgan fingerprint density at radius 1 is 1.03 bits per heavy atom. The van der Waals surface area contributed by atoms with Crippen molar-refractivity contribution < 1.29 is 44.2 Å². The first kappa shape index (κ1) is 20.0. The van der Waals surface area contributed by atoms with Crippen molar-refractivity contribution in [1.82, 2.24) is 24.9 Å². The molecule has 0 unspecified atom stereocenters. The Balaban J connectivity index is 1.43. The van der Waals surface area contributed by atoms with Crippen LogP contribution in [0.4, 0.5) is 0 Å². The van der Waals surface area contributed by atoms with Crippen molar-refractivity contribution >= 4 is 21.7 Å². The van der Waals surface area contributed by atoms with E-state index in [2.05, 4.69) is 66.1 Å². The van der Waals surface area contributed by atoms with Gasteiger partial charge in [0.05, 0.1) is 0 Å². The van der Waals surface area contributed by atoms with Gasteiger partial charge in [-0.15, -0.1) is 0 Å². The first-order valence-electron chi connectivity index (χ1n) is 10.4. The van der Waals surface area contributed by atoms with Crippen LogP contribution in [0.25, 0.3) is 43.9 Å². The molecule has 2 aromatic carbocycles. The zero-order valence-electron chi connectivity index (χ0n) is 17.4. The molecule has 0 atom stereocenters. The zero-order chi connectivity index (χ0) is 21.1. The summed E-state index contributed by atoms with van der Waals surface area (Å²) in [7, 11) is 0. The van der Waals surface area contributed by atoms with Crippen LogP contribution in [0, 0.1) is 44.2 Å². The Bertz CT molecular complexity index is 1440. The predicted molar refractivity (Wildman–Crippen MR) is 123 cm³/mol. The van der Waals surface area contributed by atoms with Crippen LogP contribution in [-0.2, 0) is 6.42 Å². The average molecular weight is 543 g/mol. The second kappa shape index (κ2) is 7.72. The summed E-state index contributed by atoms with van der Waals surface area (Å²) in [5.41, 5.74) is 10.1. The van der Waals surface area contributed by atoms with Gasteiger partial charge in [-0.1, -0.05) is 0 Å². The van der Waals surface area contributed by atoms with Crippen molar-refractivity contribution in [1.29, 1.82) is 0 Å². The van der Waals surface area contributed by atoms with Gasteiger partial charge in [0.1, 0.15) is 0 Å². The van der Waals surface area contributed by atoms with Gasteiger partial charge in [0, 0.05) is 0 Å². The standard InChI is InChI=1S/C24H21N5SXe/c1-4-19-28-21-16-6-5-13(9-18(16)31-24(21)29-19)14-7-8-15(22-20(14)26-11-30-22)17-10-25-23(27-17)12(2)3/h5-12H,4H2,1-3H3,(H,25,27)(H,28,29). The number of imidazole rings is 2. The fourth-order valence-corrected chi connectivity index (χ4v) is 7.56. The van der Waals surface area contributed by atoms with Crippen molar-refractivity contribution in [3.63, 3.8) is 0 Å². The van der Waals surface area contributed by atoms with Gasteiger partial charge in [0.2, 0.25) is 0 Å². The molecule has 6 rings (SSSR count). The minimum atomic E-state index is -0.0138. The number of benzene rings is 2. The molecule has 0 saturated heterocycles. The molecular weight excluding hydrogens is 522 g/mol. The molecule has 31 heavy (non-hydrogen) atoms. The summed E-state index contributed by atoms with van der Waals surface area (Å²) in [4.78, 5) is 21.1. The van der Waals surface area contributed by atoms with Gasteiger partial charge in [0.15, 0.2) is 0 Å². The number of fused-ring (bicyclic) bond motifs is 4. The van der Waals surface area contributed by atoms with Crippen molar-refractivity contribution in [2.75, 3.05) is 0 Å². The van der Waals surface area contributed by atoms with Gasteiger partial charge in [-0.05, 0) is 0 Å². The molecule has 0 spiro atoms. The van der Waals surface area contributed by atoms with E-state index in [0.29, 0.717) is 5.92 Å². The Labute approximate surface area is 209 Å². The third kappa shape index (κ3) is 3.28. The van der Waals surface area contributed by atoms with Crippen LogP contribution in [0.2, 0.25) is 0 Å². The first-order chi connectivity index (χ1) is 15.1. The summed E-state index contributed by atoms with van der Waals surface area (Å²) in [5, 5.41) is 0. The molecule has 0 radical (unpaired) electrons. The first-order valence-corrected chi connectivity index (χ1v) is 13.3. The summed E-state index contributed by atoms with van der Waals surface area (Å²) < 4.78 is 3.94. The molecular formula is C24H21N5SXe. The molecule has 1 aliphatic heterocycles. The maximum absolute atomic E-state index is 4.80. The number of rotatable bonds is 4. The third-order valence-corrected chi connectivity index (χ3v) is 9.13. The van der Waals surface area contributed by atoms with E-state index in [-0.39, 0.29) is 44.2 Å². The number of aromatic nitrogens is 5. The van der Waals surface area contributed by atoms with E-state index in [1.54, 1.807) is 11.3 Å². The normalized spacial score (nSPS) is 12.9. The van der Waals surface area contributed by atoms with Crippen molar-refractivity contribution in [3.8, 4) is 33.6 Å². The fourth-order valence-electron chi connectivity index (χ4n) is 4.00. The van der Waals surface area contributed by atoms with Crippen LogP contribution in [0.1, 0.15) is 38.3 Å². The molecule has 0 aliphatic carbocycles. The van der Waals surface area contributed by atoms with E-state index in [0.717, 1.165) is 35.0 Å². The van der Waals surface area contributed by atoms with Gasteiger partial charge in [-0.25, -0.2) is 0 Å². The predicted octanol–water partition coefficient (Wildman–Crippen LogP) is 4.78. The third-order valence-electron chi connectivity index (χ3n) is 5.66. The van der Waals surface area contributed by atoms with Crippen molar-refractivity contribution in [2.24, 2.45) is 0 Å². The van der Waals surface area contributed by atoms with E-state index >= 15 is 0 Å². The topological polar surface area (TPSA) is 70.2 Å². The number of aromatic amines is 2. The van der Waals surface area contributed by atoms with Gasteiger partial charge in [-0.2, -0.15) is 0 Å². The summed E-state index contributed by atoms with van der Waals surface area (Å²) in [6.07, 6.45) is 2.89. The zero-order valence-corrected chi connectivity index (χ0v) is 20.3. The molecule has 5 nitrogen and oxygen atoms in total. The van der Waals surface area contributed by atoms with Crippen LogP contribution in [0.3, 0.4) is 0 Å². The van der Waals surface area contributed by atoms with Crippen LogP contribution < -0.4 is 0.193 Å². The molecule has 0 fully saturated rings. The van der Waals surface area contributed by atoms with Gasteiger partial charge < -0.3 is 0 Å². The number of hydrogen-bond donors (Lipinski definition) is 2. The Hall–Kier alpha value is -1.68. The molecule has 0 saturated carbocycles. The van der Waals surface area contributed by atoms with E-state index in [4.69, 9.17) is 9.97 Å². The number of nitrogens with zero attached hydrogens (tertiary/aromatic N) is 3. The number of aryl methyl sites for hydroxylation is 1. The maximum atomic E-state index is 4.80. The minimum absolute atomic E-state index is 0.0138. The van der Waals surface area contributed by atoms with Gasteiger partial charge >= 0.3 is 211 Å². The molecule has 0 bridgehead atoms. The number of hydrogen-bond acceptors (Lipinski definition) is 4. The summed E-state index contributed by atoms with van der Waals surface area (Å²) in [6.45, 7) is 6.45. The molecule has 0 amide bonds. The van der Waals surface area contributed by atoms with Crippen LogP contribution in [0.15, 0.2) is 42.0 Å². The number of thiazole rings is 1. The SMILES string of the molecule is CCc1nc2c([nH]1)[Xe]c1cc(-c3ccc(-c4cnc(C(C)C)[nH]4)c4scnc34)ccc1-2. The summed E-state index contributed by atoms with van der Waals surface area (Å²) in [5.74, 6) is 2.48. The Morgan fingerprint density at radius 2 is 1.87 bits per heavy atom. The van der Waals surface area contributed by atoms with Gasteiger partial charge in [-0.3, -0.25) is 0 Å². The second-order valence-electron chi connectivity index (χ2n) is 7.98. The van der Waals surface area contributed by atoms with E-state index < -0.39 is 0 Å². The van der Waals surface area contributed by atoms with E-state index in [1.165, 1.54) is 27.1 Å². The number of H-pyrrole nitrogens is 2. The molecule has 7 heteroatoms. The van der Waals surface area contributed by atoms with Crippen LogP contribution >= 0.6 is 11.3 Å². The average Bonchev–Trinajstić information content (AvgIpc) is 3.55. The summed E-state index contributed by atoms with van der Waals surface area (Å²) >= 11 is 1.67. The number of nitrogens with one attached hydrogen (secondary N) is 2. The van der Waals surface area contributed by atoms with Crippen molar-refractivity contribution in [3.05, 3.63) is 53.7 Å². The van der Waals surface area contributed by atoms with E-state index in [1.807, 2.05) is 11.7 Å². The molecule has 1 aliphatic rings. The van der Waals surface area contributed by atoms with Gasteiger partial charge in [0.25, 0.3) is 0 Å². The van der Waals surface area contributed by atoms with Crippen molar-refractivity contribution in [2.45, 2.75) is 33.1 Å². The van der Waals surface area contributed by atoms with E-state index in [9.17, 15) is 0 Å². The second-order valence-corrected chi connectivity index (χ2v) is 11.4. The molecule has 3 aromatic heterocycles. The summed E-state index contributed by atoms with van der Waals surface area (Å²) in [6, 6.07) is 11.2. The fraction of sp³-hybridized carbons (Fsp3) is 0.208. The van der Waals surface area contributed by atoms with Crippen LogP contribution in [0.5, 0.6) is 0 Å². The quantitative estimate of drug-likeness (QED) is 0.337.